The smallest absolute Gasteiger partial charge is 0.330 e. The molecule has 7 nitrogen and oxygen atoms in total. The Balaban J connectivity index is 1.51. The number of carbonyl (C=O) groups is 1. The van der Waals surface area contributed by atoms with E-state index < -0.39 is 11.9 Å². The zero-order valence-electron chi connectivity index (χ0n) is 18.4. The summed E-state index contributed by atoms with van der Waals surface area (Å²) in [5, 5.41) is 8.69. The molecule has 33 heavy (non-hydrogen) atoms. The van der Waals surface area contributed by atoms with Crippen LogP contribution in [0.25, 0.3) is 21.6 Å². The van der Waals surface area contributed by atoms with Crippen LogP contribution in [-0.2, 0) is 26.7 Å². The number of alkyl halides is 3. The van der Waals surface area contributed by atoms with Crippen LogP contribution < -0.4 is 0 Å². The molecule has 0 bridgehead atoms. The number of carbonyl (C=O) groups excluding carboxylic acids is 1. The molecule has 0 N–H and O–H groups in total. The Hall–Kier alpha value is -3.21. The third-order valence-electron chi connectivity index (χ3n) is 6.29. The third kappa shape index (κ3) is 3.33. The lowest BCUT2D eigenvalue weighted by Gasteiger charge is -2.33. The van der Waals surface area contributed by atoms with E-state index in [0.29, 0.717) is 29.9 Å². The summed E-state index contributed by atoms with van der Waals surface area (Å²) >= 11 is 1.50. The zero-order chi connectivity index (χ0) is 23.7. The van der Waals surface area contributed by atoms with Gasteiger partial charge >= 0.3 is 6.18 Å². The van der Waals surface area contributed by atoms with Gasteiger partial charge in [-0.1, -0.05) is 0 Å². The van der Waals surface area contributed by atoms with E-state index in [-0.39, 0.29) is 17.6 Å². The lowest BCUT2D eigenvalue weighted by atomic mass is 9.96. The molecule has 0 spiro atoms. The maximum absolute atomic E-state index is 13.5. The number of aryl methyl sites for hydroxylation is 3. The van der Waals surface area contributed by atoms with Gasteiger partial charge < -0.3 is 4.90 Å². The molecule has 0 aliphatic carbocycles. The highest BCUT2D eigenvalue weighted by atomic mass is 32.1. The molecule has 4 aromatic rings. The minimum Gasteiger partial charge on any atom is -0.330 e. The van der Waals surface area contributed by atoms with Crippen molar-refractivity contribution in [3.05, 3.63) is 51.8 Å². The second-order valence-electron chi connectivity index (χ2n) is 8.24. The molecule has 5 rings (SSSR count). The van der Waals surface area contributed by atoms with Crippen molar-refractivity contribution in [2.24, 2.45) is 14.1 Å². The van der Waals surface area contributed by atoms with E-state index in [1.807, 2.05) is 19.9 Å². The Morgan fingerprint density at radius 3 is 2.64 bits per heavy atom. The lowest BCUT2D eigenvalue weighted by molar-refractivity contribution is -0.143. The quantitative estimate of drug-likeness (QED) is 0.429. The highest BCUT2D eigenvalue weighted by molar-refractivity contribution is 7.17. The van der Waals surface area contributed by atoms with Crippen molar-refractivity contribution in [3.8, 4) is 11.4 Å². The van der Waals surface area contributed by atoms with Gasteiger partial charge in [0, 0.05) is 31.8 Å². The molecule has 1 atom stereocenters. The van der Waals surface area contributed by atoms with Crippen molar-refractivity contribution in [2.75, 3.05) is 6.54 Å². The molecule has 11 heteroatoms. The number of nitrogens with zero attached hydrogens (tertiary/aromatic N) is 6. The van der Waals surface area contributed by atoms with Gasteiger partial charge in [0.1, 0.15) is 11.4 Å². The predicted molar refractivity (Wildman–Crippen MR) is 118 cm³/mol. The number of thiazole rings is 1. The second-order valence-corrected chi connectivity index (χ2v) is 9.09. The SMILES string of the molecule is Cc1c(C(=O)N2CCc3c(nn(C)c3-c3cc(C(F)(F)F)n(C)n3)[C@@H]2C)ccc2ncsc12. The number of hydrogen-bond acceptors (Lipinski definition) is 5. The molecule has 1 amide bonds. The van der Waals surface area contributed by atoms with Crippen molar-refractivity contribution < 1.29 is 18.0 Å². The first-order valence-corrected chi connectivity index (χ1v) is 11.3. The summed E-state index contributed by atoms with van der Waals surface area (Å²) in [6.07, 6.45) is -4.01. The Kier molecular flexibility index (Phi) is 4.85. The number of amides is 1. The van der Waals surface area contributed by atoms with Gasteiger partial charge in [0.15, 0.2) is 0 Å². The lowest BCUT2D eigenvalue weighted by Crippen LogP contribution is -2.39. The number of halogens is 3. The van der Waals surface area contributed by atoms with Crippen LogP contribution in [0.3, 0.4) is 0 Å². The van der Waals surface area contributed by atoms with Gasteiger partial charge in [-0.15, -0.1) is 11.3 Å². The molecule has 1 aromatic carbocycles. The first kappa shape index (κ1) is 21.6. The molecule has 0 radical (unpaired) electrons. The number of benzene rings is 1. The first-order valence-electron chi connectivity index (χ1n) is 10.4. The summed E-state index contributed by atoms with van der Waals surface area (Å²) in [6, 6.07) is 4.37. The molecule has 1 aliphatic rings. The van der Waals surface area contributed by atoms with Crippen molar-refractivity contribution in [1.82, 2.24) is 29.4 Å². The molecular weight excluding hydrogens is 453 g/mol. The average Bonchev–Trinajstić information content (AvgIpc) is 3.44. The van der Waals surface area contributed by atoms with E-state index in [4.69, 9.17) is 0 Å². The van der Waals surface area contributed by atoms with Crippen LogP contribution in [0.4, 0.5) is 13.2 Å². The number of rotatable bonds is 2. The molecule has 0 fully saturated rings. The Morgan fingerprint density at radius 1 is 1.18 bits per heavy atom. The highest BCUT2D eigenvalue weighted by Gasteiger charge is 2.38. The van der Waals surface area contributed by atoms with E-state index in [1.54, 1.807) is 28.2 Å². The molecule has 0 unspecified atom stereocenters. The zero-order valence-corrected chi connectivity index (χ0v) is 19.3. The predicted octanol–water partition coefficient (Wildman–Crippen LogP) is 4.52. The fourth-order valence-electron chi connectivity index (χ4n) is 4.64. The van der Waals surface area contributed by atoms with Gasteiger partial charge in [-0.2, -0.15) is 23.4 Å². The summed E-state index contributed by atoms with van der Waals surface area (Å²) in [5.74, 6) is -0.0923. The Bertz CT molecular complexity index is 1400. The van der Waals surface area contributed by atoms with E-state index in [0.717, 1.165) is 32.1 Å². The van der Waals surface area contributed by atoms with Gasteiger partial charge in [0.05, 0.1) is 33.2 Å². The van der Waals surface area contributed by atoms with E-state index in [1.165, 1.54) is 18.4 Å². The summed E-state index contributed by atoms with van der Waals surface area (Å²) in [4.78, 5) is 19.5. The maximum atomic E-state index is 13.5. The number of fused-ring (bicyclic) bond motifs is 2. The Morgan fingerprint density at radius 2 is 1.94 bits per heavy atom. The van der Waals surface area contributed by atoms with Gasteiger partial charge in [-0.25, -0.2) is 4.98 Å². The molecule has 3 aromatic heterocycles. The van der Waals surface area contributed by atoms with Gasteiger partial charge in [0.2, 0.25) is 0 Å². The molecular formula is C22H21F3N6OS. The molecule has 1 aliphatic heterocycles. The van der Waals surface area contributed by atoms with Crippen LogP contribution in [-0.4, -0.2) is 41.9 Å². The summed E-state index contributed by atoms with van der Waals surface area (Å²) < 4.78 is 43.2. The normalized spacial score (nSPS) is 16.5. The third-order valence-corrected chi connectivity index (χ3v) is 7.26. The van der Waals surface area contributed by atoms with Crippen LogP contribution in [0.2, 0.25) is 0 Å². The number of hydrogen-bond donors (Lipinski definition) is 0. The minimum absolute atomic E-state index is 0.0923. The highest BCUT2D eigenvalue weighted by Crippen LogP contribution is 2.38. The second kappa shape index (κ2) is 7.41. The maximum Gasteiger partial charge on any atom is 0.433 e. The molecule has 4 heterocycles. The van der Waals surface area contributed by atoms with E-state index in [2.05, 4.69) is 15.2 Å². The summed E-state index contributed by atoms with van der Waals surface area (Å²) in [7, 11) is 2.97. The number of aromatic nitrogens is 5. The van der Waals surface area contributed by atoms with Gasteiger partial charge in [0.25, 0.3) is 5.91 Å². The fraction of sp³-hybridized carbons (Fsp3) is 0.364. The van der Waals surface area contributed by atoms with Crippen LogP contribution in [0.5, 0.6) is 0 Å². The minimum atomic E-state index is -4.49. The van der Waals surface area contributed by atoms with E-state index >= 15 is 0 Å². The molecule has 0 saturated carbocycles. The average molecular weight is 475 g/mol. The molecule has 172 valence electrons. The van der Waals surface area contributed by atoms with Crippen LogP contribution in [0.1, 0.15) is 45.8 Å². The summed E-state index contributed by atoms with van der Waals surface area (Å²) in [5.41, 5.74) is 5.62. The van der Waals surface area contributed by atoms with Crippen LogP contribution in [0, 0.1) is 6.92 Å². The monoisotopic (exact) mass is 474 g/mol. The van der Waals surface area contributed by atoms with Crippen LogP contribution >= 0.6 is 11.3 Å². The van der Waals surface area contributed by atoms with Crippen molar-refractivity contribution in [2.45, 2.75) is 32.5 Å². The fourth-order valence-corrected chi connectivity index (χ4v) is 5.44. The standard InChI is InChI=1S/C22H21F3N6OS/c1-11-13(5-6-15-20(11)33-10-26-15)21(32)31-8-7-14-18(12(31)2)28-30(4)19(14)16-9-17(22(23,24)25)29(3)27-16/h5-6,9-10,12H,7-8H2,1-4H3/t12-/m0/s1. The van der Waals surface area contributed by atoms with Gasteiger partial charge in [-0.3, -0.25) is 14.2 Å². The van der Waals surface area contributed by atoms with Crippen LogP contribution in [0.15, 0.2) is 23.7 Å². The van der Waals surface area contributed by atoms with Crippen molar-refractivity contribution in [3.63, 3.8) is 0 Å². The summed E-state index contributed by atoms with van der Waals surface area (Å²) in [6.45, 7) is 4.25. The van der Waals surface area contributed by atoms with Crippen molar-refractivity contribution >= 4 is 27.5 Å². The molecule has 0 saturated heterocycles. The largest absolute Gasteiger partial charge is 0.433 e. The van der Waals surface area contributed by atoms with Gasteiger partial charge in [-0.05, 0) is 44.0 Å². The topological polar surface area (TPSA) is 68.8 Å². The van der Waals surface area contributed by atoms with Crippen molar-refractivity contribution in [1.29, 1.82) is 0 Å². The Labute approximate surface area is 191 Å². The first-order chi connectivity index (χ1) is 15.6. The van der Waals surface area contributed by atoms with E-state index in [9.17, 15) is 18.0 Å².